The van der Waals surface area contributed by atoms with E-state index in [4.69, 9.17) is 16.7 Å². The number of carbonyl (C=O) groups is 1. The number of hydrogen-bond acceptors (Lipinski definition) is 3. The Hall–Kier alpha value is -2.60. The normalized spacial score (nSPS) is 15.6. The van der Waals surface area contributed by atoms with Gasteiger partial charge in [0.15, 0.2) is 0 Å². The van der Waals surface area contributed by atoms with Gasteiger partial charge in [0.2, 0.25) is 0 Å². The van der Waals surface area contributed by atoms with Gasteiger partial charge in [0.25, 0.3) is 0 Å². The van der Waals surface area contributed by atoms with Gasteiger partial charge in [0.1, 0.15) is 5.15 Å². The standard InChI is InChI=1S/C18H17ClN4O2/c19-17-8-16-12(9-20-17)2-1-3-15(16)13-10-21-23(11-13)14-4-6-22(7-5-14)18(24)25/h1-3,8-11,14H,4-7H2,(H,24,25). The molecule has 4 rings (SSSR count). The number of nitrogens with zero attached hydrogens (tertiary/aromatic N) is 4. The first-order valence-electron chi connectivity index (χ1n) is 8.18. The Labute approximate surface area is 149 Å². The van der Waals surface area contributed by atoms with Crippen LogP contribution in [0.3, 0.4) is 0 Å². The highest BCUT2D eigenvalue weighted by Gasteiger charge is 2.24. The number of amides is 1. The van der Waals surface area contributed by atoms with Crippen molar-refractivity contribution >= 4 is 28.5 Å². The molecule has 7 heteroatoms. The summed E-state index contributed by atoms with van der Waals surface area (Å²) in [5.74, 6) is 0. The van der Waals surface area contributed by atoms with Crippen molar-refractivity contribution in [2.45, 2.75) is 18.9 Å². The first-order valence-corrected chi connectivity index (χ1v) is 8.56. The van der Waals surface area contributed by atoms with Crippen LogP contribution in [0.5, 0.6) is 0 Å². The van der Waals surface area contributed by atoms with E-state index in [0.29, 0.717) is 18.2 Å². The summed E-state index contributed by atoms with van der Waals surface area (Å²) in [6.45, 7) is 1.09. The van der Waals surface area contributed by atoms with Crippen LogP contribution in [0.2, 0.25) is 5.15 Å². The van der Waals surface area contributed by atoms with E-state index in [0.717, 1.165) is 34.7 Å². The predicted octanol–water partition coefficient (Wildman–Crippen LogP) is 4.07. The van der Waals surface area contributed by atoms with E-state index >= 15 is 0 Å². The zero-order valence-electron chi connectivity index (χ0n) is 13.5. The van der Waals surface area contributed by atoms with E-state index in [9.17, 15) is 4.79 Å². The van der Waals surface area contributed by atoms with Crippen LogP contribution in [0, 0.1) is 0 Å². The van der Waals surface area contributed by atoms with Gasteiger partial charge in [-0.25, -0.2) is 9.78 Å². The fourth-order valence-electron chi connectivity index (χ4n) is 3.39. The van der Waals surface area contributed by atoms with Gasteiger partial charge in [-0.2, -0.15) is 5.10 Å². The van der Waals surface area contributed by atoms with Crippen LogP contribution in [0.15, 0.2) is 42.9 Å². The molecule has 0 unspecified atom stereocenters. The topological polar surface area (TPSA) is 71.2 Å². The lowest BCUT2D eigenvalue weighted by molar-refractivity contribution is 0.124. The van der Waals surface area contributed by atoms with Crippen molar-refractivity contribution in [1.29, 1.82) is 0 Å². The number of pyridine rings is 1. The summed E-state index contributed by atoms with van der Waals surface area (Å²) in [5.41, 5.74) is 2.09. The molecule has 128 valence electrons. The van der Waals surface area contributed by atoms with E-state index in [-0.39, 0.29) is 6.04 Å². The molecule has 1 aliphatic heterocycles. The number of fused-ring (bicyclic) bond motifs is 1. The van der Waals surface area contributed by atoms with Crippen LogP contribution in [0.1, 0.15) is 18.9 Å². The van der Waals surface area contributed by atoms with Crippen LogP contribution in [-0.2, 0) is 0 Å². The van der Waals surface area contributed by atoms with E-state index < -0.39 is 6.09 Å². The molecule has 0 radical (unpaired) electrons. The Balaban J connectivity index is 1.62. The summed E-state index contributed by atoms with van der Waals surface area (Å²) in [6.07, 6.45) is 6.36. The van der Waals surface area contributed by atoms with E-state index in [1.165, 1.54) is 4.90 Å². The summed E-state index contributed by atoms with van der Waals surface area (Å²) < 4.78 is 1.95. The number of rotatable bonds is 2. The number of carboxylic acid groups (broad SMARTS) is 1. The maximum Gasteiger partial charge on any atom is 0.407 e. The van der Waals surface area contributed by atoms with Crippen molar-refractivity contribution in [2.24, 2.45) is 0 Å². The fourth-order valence-corrected chi connectivity index (χ4v) is 3.55. The SMILES string of the molecule is O=C(O)N1CCC(n2cc(-c3cccc4cnc(Cl)cc34)cn2)CC1. The van der Waals surface area contributed by atoms with Gasteiger partial charge in [0.05, 0.1) is 12.2 Å². The summed E-state index contributed by atoms with van der Waals surface area (Å²) in [5, 5.41) is 16.1. The van der Waals surface area contributed by atoms with Gasteiger partial charge in [-0.1, -0.05) is 29.8 Å². The van der Waals surface area contributed by atoms with Gasteiger partial charge < -0.3 is 10.0 Å². The zero-order chi connectivity index (χ0) is 17.4. The second-order valence-electron chi connectivity index (χ2n) is 6.24. The highest BCUT2D eigenvalue weighted by Crippen LogP contribution is 2.31. The largest absolute Gasteiger partial charge is 0.465 e. The molecule has 6 nitrogen and oxygen atoms in total. The van der Waals surface area contributed by atoms with Crippen molar-refractivity contribution in [3.8, 4) is 11.1 Å². The van der Waals surface area contributed by atoms with Crippen molar-refractivity contribution in [2.75, 3.05) is 13.1 Å². The van der Waals surface area contributed by atoms with E-state index in [1.807, 2.05) is 41.3 Å². The molecule has 25 heavy (non-hydrogen) atoms. The summed E-state index contributed by atoms with van der Waals surface area (Å²) >= 11 is 6.06. The number of likely N-dealkylation sites (tertiary alicyclic amines) is 1. The first kappa shape index (κ1) is 15.9. The number of hydrogen-bond donors (Lipinski definition) is 1. The summed E-state index contributed by atoms with van der Waals surface area (Å²) in [4.78, 5) is 16.6. The van der Waals surface area contributed by atoms with Crippen molar-refractivity contribution < 1.29 is 9.90 Å². The van der Waals surface area contributed by atoms with Crippen LogP contribution >= 0.6 is 11.6 Å². The second kappa shape index (κ2) is 6.37. The molecule has 0 aliphatic carbocycles. The Morgan fingerprint density at radius 2 is 2.04 bits per heavy atom. The van der Waals surface area contributed by atoms with Crippen LogP contribution in [0.25, 0.3) is 21.9 Å². The Morgan fingerprint density at radius 1 is 1.24 bits per heavy atom. The molecule has 1 aliphatic rings. The number of piperidine rings is 1. The average molecular weight is 357 g/mol. The average Bonchev–Trinajstić information content (AvgIpc) is 3.11. The molecule has 1 N–H and O–H groups in total. The molecule has 1 aromatic carbocycles. The summed E-state index contributed by atoms with van der Waals surface area (Å²) in [7, 11) is 0. The minimum absolute atomic E-state index is 0.226. The molecule has 2 aromatic heterocycles. The Kier molecular flexibility index (Phi) is 4.05. The minimum Gasteiger partial charge on any atom is -0.465 e. The third-order valence-corrected chi connectivity index (χ3v) is 4.96. The molecular weight excluding hydrogens is 340 g/mol. The third-order valence-electron chi connectivity index (χ3n) is 4.75. The van der Waals surface area contributed by atoms with Crippen LogP contribution in [0.4, 0.5) is 4.79 Å². The second-order valence-corrected chi connectivity index (χ2v) is 6.63. The Morgan fingerprint density at radius 3 is 2.80 bits per heavy atom. The summed E-state index contributed by atoms with van der Waals surface area (Å²) in [6, 6.07) is 8.15. The van der Waals surface area contributed by atoms with Gasteiger partial charge in [-0.3, -0.25) is 4.68 Å². The third kappa shape index (κ3) is 3.05. The fraction of sp³-hybridized carbons (Fsp3) is 0.278. The predicted molar refractivity (Wildman–Crippen MR) is 95.8 cm³/mol. The van der Waals surface area contributed by atoms with Crippen molar-refractivity contribution in [1.82, 2.24) is 19.7 Å². The van der Waals surface area contributed by atoms with Gasteiger partial charge in [0, 0.05) is 36.4 Å². The van der Waals surface area contributed by atoms with Crippen LogP contribution < -0.4 is 0 Å². The lowest BCUT2D eigenvalue weighted by atomic mass is 10.0. The Bertz CT molecular complexity index is 932. The highest BCUT2D eigenvalue weighted by molar-refractivity contribution is 6.30. The van der Waals surface area contributed by atoms with Crippen LogP contribution in [-0.4, -0.2) is 44.0 Å². The molecule has 0 saturated carbocycles. The molecular formula is C18H17ClN4O2. The molecule has 0 atom stereocenters. The molecule has 3 heterocycles. The van der Waals surface area contributed by atoms with Gasteiger partial charge in [-0.05, 0) is 29.9 Å². The lowest BCUT2D eigenvalue weighted by Crippen LogP contribution is -2.38. The molecule has 0 spiro atoms. The zero-order valence-corrected chi connectivity index (χ0v) is 14.2. The van der Waals surface area contributed by atoms with E-state index in [1.54, 1.807) is 6.20 Å². The number of benzene rings is 1. The maximum atomic E-state index is 11.0. The molecule has 0 bridgehead atoms. The lowest BCUT2D eigenvalue weighted by Gasteiger charge is -2.30. The smallest absolute Gasteiger partial charge is 0.407 e. The molecule has 3 aromatic rings. The minimum atomic E-state index is -0.846. The molecule has 1 fully saturated rings. The quantitative estimate of drug-likeness (QED) is 0.703. The molecule has 1 amide bonds. The number of halogens is 1. The van der Waals surface area contributed by atoms with Crippen molar-refractivity contribution in [3.63, 3.8) is 0 Å². The highest BCUT2D eigenvalue weighted by atomic mass is 35.5. The van der Waals surface area contributed by atoms with E-state index in [2.05, 4.69) is 10.1 Å². The van der Waals surface area contributed by atoms with Crippen molar-refractivity contribution in [3.05, 3.63) is 48.0 Å². The first-order chi connectivity index (χ1) is 12.1. The number of aromatic nitrogens is 3. The maximum absolute atomic E-state index is 11.0. The van der Waals surface area contributed by atoms with Gasteiger partial charge in [-0.15, -0.1) is 0 Å². The molecule has 1 saturated heterocycles. The monoisotopic (exact) mass is 356 g/mol. The van der Waals surface area contributed by atoms with Gasteiger partial charge >= 0.3 is 6.09 Å².